The van der Waals surface area contributed by atoms with Crippen LogP contribution in [-0.2, 0) is 16.1 Å². The maximum absolute atomic E-state index is 11.6. The lowest BCUT2D eigenvalue weighted by molar-refractivity contribution is -0.119. The van der Waals surface area contributed by atoms with Gasteiger partial charge in [-0.1, -0.05) is 0 Å². The fourth-order valence-corrected chi connectivity index (χ4v) is 3.31. The summed E-state index contributed by atoms with van der Waals surface area (Å²) in [5.74, 6) is 1.06. The Morgan fingerprint density at radius 2 is 2.07 bits per heavy atom. The molecule has 0 spiro atoms. The second-order valence-corrected chi connectivity index (χ2v) is 7.42. The Bertz CT molecular complexity index is 842. The molecule has 3 rings (SSSR count). The van der Waals surface area contributed by atoms with Crippen LogP contribution in [0.2, 0.25) is 0 Å². The van der Waals surface area contributed by atoms with Gasteiger partial charge in [0.15, 0.2) is 0 Å². The fourth-order valence-electron chi connectivity index (χ4n) is 3.31. The molecule has 28 heavy (non-hydrogen) atoms. The number of hydrogen-bond acceptors (Lipinski definition) is 6. The van der Waals surface area contributed by atoms with Crippen LogP contribution in [0.4, 0.5) is 0 Å². The highest BCUT2D eigenvalue weighted by atomic mass is 16.5. The number of nitrogens with zero attached hydrogens (tertiary/aromatic N) is 2. The summed E-state index contributed by atoms with van der Waals surface area (Å²) in [6.07, 6.45) is 1.48. The van der Waals surface area contributed by atoms with E-state index in [2.05, 4.69) is 29.0 Å². The first-order valence-electron chi connectivity index (χ1n) is 9.56. The molecule has 2 heterocycles. The summed E-state index contributed by atoms with van der Waals surface area (Å²) in [6.45, 7) is 7.63. The van der Waals surface area contributed by atoms with Gasteiger partial charge in [0.05, 0.1) is 18.4 Å². The van der Waals surface area contributed by atoms with Gasteiger partial charge in [-0.2, -0.15) is 0 Å². The Kier molecular flexibility index (Phi) is 6.14. The van der Waals surface area contributed by atoms with Crippen LogP contribution in [0, 0.1) is 6.92 Å². The molecule has 1 amide bonds. The standard InChI is InChI=1S/C21H27N3O4/c1-13(2)24(11-17-9-10-19(25)22-17)12-18-14(3)28-20(23-18)15-5-7-16(8-6-15)21(26)27-4/h5-8,13,17H,9-12H2,1-4H3,(H,22,25). The molecule has 1 atom stereocenters. The van der Waals surface area contributed by atoms with E-state index in [0.717, 1.165) is 30.0 Å². The second-order valence-electron chi connectivity index (χ2n) is 7.42. The van der Waals surface area contributed by atoms with Gasteiger partial charge in [-0.15, -0.1) is 0 Å². The lowest BCUT2D eigenvalue weighted by Crippen LogP contribution is -2.41. The first-order valence-corrected chi connectivity index (χ1v) is 9.56. The van der Waals surface area contributed by atoms with Crippen molar-refractivity contribution in [2.75, 3.05) is 13.7 Å². The van der Waals surface area contributed by atoms with Crippen LogP contribution in [0.5, 0.6) is 0 Å². The summed E-state index contributed by atoms with van der Waals surface area (Å²) in [5.41, 5.74) is 2.17. The number of esters is 1. The van der Waals surface area contributed by atoms with E-state index < -0.39 is 0 Å². The molecule has 7 nitrogen and oxygen atoms in total. The van der Waals surface area contributed by atoms with Crippen molar-refractivity contribution in [3.8, 4) is 11.5 Å². The lowest BCUT2D eigenvalue weighted by Gasteiger charge is -2.28. The number of carbonyl (C=O) groups is 2. The molecule has 1 N–H and O–H groups in total. The number of benzene rings is 1. The average Bonchev–Trinajstić information content (AvgIpc) is 3.26. The lowest BCUT2D eigenvalue weighted by atomic mass is 10.1. The summed E-state index contributed by atoms with van der Waals surface area (Å²) in [7, 11) is 1.36. The van der Waals surface area contributed by atoms with E-state index in [1.807, 2.05) is 6.92 Å². The molecule has 0 saturated carbocycles. The van der Waals surface area contributed by atoms with Gasteiger partial charge < -0.3 is 14.5 Å². The Morgan fingerprint density at radius 3 is 2.64 bits per heavy atom. The van der Waals surface area contributed by atoms with Crippen LogP contribution in [0.3, 0.4) is 0 Å². The average molecular weight is 385 g/mol. The summed E-state index contributed by atoms with van der Waals surface area (Å²) in [4.78, 5) is 30.0. The normalized spacial score (nSPS) is 16.6. The SMILES string of the molecule is COC(=O)c1ccc(-c2nc(CN(CC3CCC(=O)N3)C(C)C)c(C)o2)cc1. The summed E-state index contributed by atoms with van der Waals surface area (Å²) < 4.78 is 10.6. The predicted molar refractivity (Wildman–Crippen MR) is 105 cm³/mol. The molecule has 1 unspecified atom stereocenters. The number of oxazole rings is 1. The largest absolute Gasteiger partial charge is 0.465 e. The molecule has 1 aromatic carbocycles. The zero-order valence-electron chi connectivity index (χ0n) is 16.8. The fraction of sp³-hybridized carbons (Fsp3) is 0.476. The molecule has 2 aromatic rings. The van der Waals surface area contributed by atoms with Gasteiger partial charge in [-0.25, -0.2) is 9.78 Å². The van der Waals surface area contributed by atoms with E-state index >= 15 is 0 Å². The molecule has 1 aliphatic heterocycles. The number of aryl methyl sites for hydroxylation is 1. The smallest absolute Gasteiger partial charge is 0.337 e. The minimum atomic E-state index is -0.373. The van der Waals surface area contributed by atoms with Crippen molar-refractivity contribution in [2.45, 2.75) is 52.2 Å². The highest BCUT2D eigenvalue weighted by molar-refractivity contribution is 5.89. The monoisotopic (exact) mass is 385 g/mol. The van der Waals surface area contributed by atoms with E-state index in [1.165, 1.54) is 7.11 Å². The van der Waals surface area contributed by atoms with Gasteiger partial charge in [-0.3, -0.25) is 9.69 Å². The number of carbonyl (C=O) groups excluding carboxylic acids is 2. The number of methoxy groups -OCH3 is 1. The molecule has 1 aliphatic rings. The maximum Gasteiger partial charge on any atom is 0.337 e. The third kappa shape index (κ3) is 4.59. The summed E-state index contributed by atoms with van der Waals surface area (Å²) in [6, 6.07) is 7.50. The number of aromatic nitrogens is 1. The topological polar surface area (TPSA) is 84.7 Å². The highest BCUT2D eigenvalue weighted by Gasteiger charge is 2.25. The third-order valence-corrected chi connectivity index (χ3v) is 5.07. The predicted octanol–water partition coefficient (Wildman–Crippen LogP) is 2.93. The molecule has 0 aliphatic carbocycles. The minimum Gasteiger partial charge on any atom is -0.465 e. The number of rotatable bonds is 7. The molecular weight excluding hydrogens is 358 g/mol. The molecule has 150 valence electrons. The van der Waals surface area contributed by atoms with E-state index in [0.29, 0.717) is 30.5 Å². The van der Waals surface area contributed by atoms with Crippen LogP contribution in [0.1, 0.15) is 48.5 Å². The van der Waals surface area contributed by atoms with E-state index in [9.17, 15) is 9.59 Å². The molecule has 0 bridgehead atoms. The van der Waals surface area contributed by atoms with Crippen molar-refractivity contribution in [1.29, 1.82) is 0 Å². The first kappa shape index (κ1) is 20.1. The molecule has 1 aromatic heterocycles. The van der Waals surface area contributed by atoms with Crippen molar-refractivity contribution < 1.29 is 18.7 Å². The molecule has 1 fully saturated rings. The van der Waals surface area contributed by atoms with Crippen LogP contribution in [0.15, 0.2) is 28.7 Å². The summed E-state index contributed by atoms with van der Waals surface area (Å²) in [5, 5.41) is 3.03. The number of amides is 1. The van der Waals surface area contributed by atoms with E-state index in [1.54, 1.807) is 24.3 Å². The van der Waals surface area contributed by atoms with E-state index in [4.69, 9.17) is 9.15 Å². The number of hydrogen-bond donors (Lipinski definition) is 1. The number of nitrogens with one attached hydrogen (secondary N) is 1. The first-order chi connectivity index (χ1) is 13.4. The Labute approximate surface area is 165 Å². The van der Waals surface area contributed by atoms with Gasteiger partial charge >= 0.3 is 5.97 Å². The third-order valence-electron chi connectivity index (χ3n) is 5.07. The summed E-state index contributed by atoms with van der Waals surface area (Å²) >= 11 is 0. The van der Waals surface area contributed by atoms with Gasteiger partial charge in [0.2, 0.25) is 11.8 Å². The minimum absolute atomic E-state index is 0.129. The Balaban J connectivity index is 1.73. The van der Waals surface area contributed by atoms with Crippen molar-refractivity contribution >= 4 is 11.9 Å². The Morgan fingerprint density at radius 1 is 1.36 bits per heavy atom. The van der Waals surface area contributed by atoms with Gasteiger partial charge in [0.25, 0.3) is 0 Å². The van der Waals surface area contributed by atoms with Crippen LogP contribution in [0.25, 0.3) is 11.5 Å². The van der Waals surface area contributed by atoms with Gasteiger partial charge in [-0.05, 0) is 51.5 Å². The van der Waals surface area contributed by atoms with Gasteiger partial charge in [0, 0.05) is 37.2 Å². The second kappa shape index (κ2) is 8.56. The molecule has 7 heteroatoms. The van der Waals surface area contributed by atoms with Crippen LogP contribution >= 0.6 is 0 Å². The number of ether oxygens (including phenoxy) is 1. The van der Waals surface area contributed by atoms with Gasteiger partial charge in [0.1, 0.15) is 5.76 Å². The van der Waals surface area contributed by atoms with Crippen LogP contribution in [-0.4, -0.2) is 47.5 Å². The molecular formula is C21H27N3O4. The van der Waals surface area contributed by atoms with Crippen molar-refractivity contribution in [3.05, 3.63) is 41.3 Å². The van der Waals surface area contributed by atoms with Crippen molar-refractivity contribution in [3.63, 3.8) is 0 Å². The van der Waals surface area contributed by atoms with Crippen molar-refractivity contribution in [2.24, 2.45) is 0 Å². The zero-order chi connectivity index (χ0) is 20.3. The maximum atomic E-state index is 11.6. The molecule has 0 radical (unpaired) electrons. The Hall–Kier alpha value is -2.67. The van der Waals surface area contributed by atoms with Crippen molar-refractivity contribution in [1.82, 2.24) is 15.2 Å². The molecule has 1 saturated heterocycles. The highest BCUT2D eigenvalue weighted by Crippen LogP contribution is 2.24. The quantitative estimate of drug-likeness (QED) is 0.738. The van der Waals surface area contributed by atoms with E-state index in [-0.39, 0.29) is 17.9 Å². The zero-order valence-corrected chi connectivity index (χ0v) is 16.8. The van der Waals surface area contributed by atoms with Crippen LogP contribution < -0.4 is 5.32 Å².